The zero-order valence-corrected chi connectivity index (χ0v) is 27.8. The van der Waals surface area contributed by atoms with E-state index >= 15 is 0 Å². The van der Waals surface area contributed by atoms with Crippen molar-refractivity contribution in [2.24, 2.45) is 0 Å². The van der Waals surface area contributed by atoms with Crippen LogP contribution in [0.15, 0.2) is 212 Å². The van der Waals surface area contributed by atoms with E-state index in [1.54, 1.807) is 0 Å². The molecule has 0 atom stereocenters. The van der Waals surface area contributed by atoms with Crippen LogP contribution in [0.25, 0.3) is 66.1 Å². The minimum Gasteiger partial charge on any atom is -0.310 e. The van der Waals surface area contributed by atoms with Gasteiger partial charge in [0.25, 0.3) is 0 Å². The quantitative estimate of drug-likeness (QED) is 0.165. The van der Waals surface area contributed by atoms with Crippen molar-refractivity contribution in [1.29, 1.82) is 0 Å². The van der Waals surface area contributed by atoms with Crippen LogP contribution in [-0.2, 0) is 0 Å². The molecule has 0 amide bonds. The van der Waals surface area contributed by atoms with Gasteiger partial charge in [0.05, 0.1) is 5.48 Å². The molecule has 0 radical (unpaired) electrons. The second kappa shape index (κ2) is 13.3. The lowest BCUT2D eigenvalue weighted by molar-refractivity contribution is 1.28. The van der Waals surface area contributed by atoms with Crippen molar-refractivity contribution in [3.05, 3.63) is 212 Å². The third-order valence-electron chi connectivity index (χ3n) is 9.55. The van der Waals surface area contributed by atoms with Crippen molar-refractivity contribution < 1.29 is 5.48 Å². The highest BCUT2D eigenvalue weighted by Gasteiger charge is 2.16. The molecule has 9 aromatic carbocycles. The minimum atomic E-state index is -0.223. The maximum Gasteiger partial charge on any atom is 0.0651 e. The Bertz CT molecular complexity index is 2840. The zero-order valence-electron chi connectivity index (χ0n) is 31.8. The lowest BCUT2D eigenvalue weighted by Crippen LogP contribution is -2.10. The summed E-state index contributed by atoms with van der Waals surface area (Å²) < 4.78 is 37.4. The largest absolute Gasteiger partial charge is 0.310 e. The van der Waals surface area contributed by atoms with Gasteiger partial charge in [-0.05, 0) is 102 Å². The van der Waals surface area contributed by atoms with E-state index in [9.17, 15) is 2.74 Å². The molecule has 0 aliphatic rings. The highest BCUT2D eigenvalue weighted by Crippen LogP contribution is 2.41. The Kier molecular flexibility index (Phi) is 6.84. The molecule has 240 valence electrons. The standard InChI is InChI=1S/C50H35N/c1-2-12-36(13-3-1)37-26-28-38(29-27-37)39-30-32-44(33-31-39)51(45-20-8-18-42(34-45)49-24-10-16-40-14-4-6-22-47(40)49)46-21-9-19-43(35-46)50-25-11-17-41-15-5-7-23-48(41)50/h1-35H/i8D,18D,20D,34D. The van der Waals surface area contributed by atoms with Crippen LogP contribution in [0.2, 0.25) is 0 Å². The van der Waals surface area contributed by atoms with Gasteiger partial charge in [-0.15, -0.1) is 0 Å². The molecule has 9 rings (SSSR count). The number of fused-ring (bicyclic) bond motifs is 2. The topological polar surface area (TPSA) is 3.24 Å². The van der Waals surface area contributed by atoms with Gasteiger partial charge in [-0.2, -0.15) is 0 Å². The van der Waals surface area contributed by atoms with E-state index in [1.807, 2.05) is 102 Å². The molecule has 0 aliphatic heterocycles. The zero-order chi connectivity index (χ0) is 37.5. The SMILES string of the molecule is [2H]c1c([2H])c(-c2cccc3ccccc23)c([2H])c(N(c2ccc(-c3ccc(-c4ccccc4)cc3)cc2)c2cccc(-c3cccc4ccccc34)c2)c1[2H]. The third kappa shape index (κ3) is 5.96. The lowest BCUT2D eigenvalue weighted by atomic mass is 9.96. The molecule has 0 unspecified atom stereocenters. The molecule has 0 saturated carbocycles. The molecular weight excluding hydrogens is 615 g/mol. The van der Waals surface area contributed by atoms with E-state index < -0.39 is 0 Å². The highest BCUT2D eigenvalue weighted by atomic mass is 15.1. The van der Waals surface area contributed by atoms with Crippen molar-refractivity contribution >= 4 is 38.6 Å². The predicted octanol–water partition coefficient (Wildman–Crippen LogP) is 14.1. The van der Waals surface area contributed by atoms with Crippen LogP contribution < -0.4 is 4.90 Å². The summed E-state index contributed by atoms with van der Waals surface area (Å²) in [4.78, 5) is 1.91. The summed E-state index contributed by atoms with van der Waals surface area (Å²) in [5.74, 6) is 0. The molecular formula is C50H35N. The summed E-state index contributed by atoms with van der Waals surface area (Å²) >= 11 is 0. The molecule has 9 aromatic rings. The van der Waals surface area contributed by atoms with Crippen LogP contribution in [-0.4, -0.2) is 0 Å². The molecule has 0 spiro atoms. The fraction of sp³-hybridized carbons (Fsp3) is 0. The minimum absolute atomic E-state index is 0.0264. The second-order valence-corrected chi connectivity index (χ2v) is 12.7. The van der Waals surface area contributed by atoms with Gasteiger partial charge in [0, 0.05) is 17.1 Å². The second-order valence-electron chi connectivity index (χ2n) is 12.7. The van der Waals surface area contributed by atoms with E-state index in [2.05, 4.69) is 91.0 Å². The molecule has 0 bridgehead atoms. The lowest BCUT2D eigenvalue weighted by Gasteiger charge is -2.27. The predicted molar refractivity (Wildman–Crippen MR) is 218 cm³/mol. The molecule has 0 saturated heterocycles. The maximum absolute atomic E-state index is 9.80. The van der Waals surface area contributed by atoms with Gasteiger partial charge in [-0.25, -0.2) is 0 Å². The maximum atomic E-state index is 9.80. The number of hydrogen-bond acceptors (Lipinski definition) is 1. The van der Waals surface area contributed by atoms with Crippen LogP contribution in [0, 0.1) is 0 Å². The molecule has 0 heterocycles. The Hall–Kier alpha value is -6.70. The average Bonchev–Trinajstić information content (AvgIpc) is 3.25. The Morgan fingerprint density at radius 2 is 0.824 bits per heavy atom. The van der Waals surface area contributed by atoms with E-state index in [0.29, 0.717) is 11.1 Å². The highest BCUT2D eigenvalue weighted by molar-refractivity contribution is 5.99. The van der Waals surface area contributed by atoms with Crippen molar-refractivity contribution in [1.82, 2.24) is 0 Å². The van der Waals surface area contributed by atoms with Gasteiger partial charge in [-0.1, -0.05) is 176 Å². The van der Waals surface area contributed by atoms with Crippen LogP contribution in [0.5, 0.6) is 0 Å². The first-order chi connectivity index (χ1) is 27.0. The molecule has 51 heavy (non-hydrogen) atoms. The van der Waals surface area contributed by atoms with E-state index in [-0.39, 0.29) is 29.9 Å². The van der Waals surface area contributed by atoms with Crippen LogP contribution in [0.1, 0.15) is 5.48 Å². The van der Waals surface area contributed by atoms with Gasteiger partial charge in [0.1, 0.15) is 0 Å². The average molecular weight is 654 g/mol. The fourth-order valence-electron chi connectivity index (χ4n) is 7.01. The smallest absolute Gasteiger partial charge is 0.0651 e. The van der Waals surface area contributed by atoms with Crippen LogP contribution in [0.3, 0.4) is 0 Å². The Morgan fingerprint density at radius 1 is 0.333 bits per heavy atom. The number of rotatable bonds is 7. The normalized spacial score (nSPS) is 12.2. The molecule has 0 aromatic heterocycles. The van der Waals surface area contributed by atoms with Crippen LogP contribution in [0.4, 0.5) is 17.1 Å². The summed E-state index contributed by atoms with van der Waals surface area (Å²) in [7, 11) is 0. The molecule has 1 heteroatoms. The summed E-state index contributed by atoms with van der Waals surface area (Å²) in [6.45, 7) is 0. The van der Waals surface area contributed by atoms with Crippen LogP contribution >= 0.6 is 0 Å². The van der Waals surface area contributed by atoms with Crippen molar-refractivity contribution in [3.8, 4) is 44.5 Å². The van der Waals surface area contributed by atoms with E-state index in [1.165, 1.54) is 5.56 Å². The number of nitrogens with zero attached hydrogens (tertiary/aromatic N) is 1. The Labute approximate surface area is 305 Å². The van der Waals surface area contributed by atoms with E-state index in [0.717, 1.165) is 60.7 Å². The summed E-state index contributed by atoms with van der Waals surface area (Å²) in [5, 5.41) is 4.14. The van der Waals surface area contributed by atoms with E-state index in [4.69, 9.17) is 2.74 Å². The summed E-state index contributed by atoms with van der Waals surface area (Å²) in [6, 6.07) is 63.0. The summed E-state index contributed by atoms with van der Waals surface area (Å²) in [6.07, 6.45) is 0. The first-order valence-electron chi connectivity index (χ1n) is 19.2. The first-order valence-corrected chi connectivity index (χ1v) is 17.2. The fourth-order valence-corrected chi connectivity index (χ4v) is 7.01. The van der Waals surface area contributed by atoms with Gasteiger partial charge in [0.2, 0.25) is 0 Å². The van der Waals surface area contributed by atoms with Gasteiger partial charge in [-0.3, -0.25) is 0 Å². The summed E-state index contributed by atoms with van der Waals surface area (Å²) in [5.41, 5.74) is 9.24. The Balaban J connectivity index is 1.22. The Morgan fingerprint density at radius 3 is 1.47 bits per heavy atom. The molecule has 0 N–H and O–H groups in total. The van der Waals surface area contributed by atoms with Gasteiger partial charge < -0.3 is 4.90 Å². The molecule has 1 nitrogen and oxygen atoms in total. The number of benzene rings is 9. The van der Waals surface area contributed by atoms with Gasteiger partial charge in [0.15, 0.2) is 0 Å². The molecule has 0 fully saturated rings. The third-order valence-corrected chi connectivity index (χ3v) is 9.55. The number of hydrogen-bond donors (Lipinski definition) is 0. The first kappa shape index (κ1) is 26.2. The molecule has 0 aliphatic carbocycles. The van der Waals surface area contributed by atoms with Gasteiger partial charge >= 0.3 is 0 Å². The van der Waals surface area contributed by atoms with Crippen molar-refractivity contribution in [3.63, 3.8) is 0 Å². The monoisotopic (exact) mass is 653 g/mol. The van der Waals surface area contributed by atoms with Crippen molar-refractivity contribution in [2.75, 3.05) is 4.90 Å². The van der Waals surface area contributed by atoms with Crippen molar-refractivity contribution in [2.45, 2.75) is 0 Å². The number of anilines is 3.